The highest BCUT2D eigenvalue weighted by Gasteiger charge is 2.28. The Morgan fingerprint density at radius 2 is 1.67 bits per heavy atom. The number of hydrogen-bond acceptors (Lipinski definition) is 8. The van der Waals surface area contributed by atoms with Crippen molar-refractivity contribution in [3.05, 3.63) is 45.5 Å². The Kier molecular flexibility index (Phi) is 6.33. The second kappa shape index (κ2) is 8.48. The molecular weight excluding hydrogens is 356 g/mol. The van der Waals surface area contributed by atoms with Crippen molar-refractivity contribution in [1.82, 2.24) is 0 Å². The quantitative estimate of drug-likeness (QED) is 0.732. The molecule has 1 heterocycles. The second-order valence-electron chi connectivity index (χ2n) is 5.73. The number of benzene rings is 1. The minimum atomic E-state index is -0.844. The van der Waals surface area contributed by atoms with E-state index >= 15 is 0 Å². The maximum Gasteiger partial charge on any atom is 0.343 e. The van der Waals surface area contributed by atoms with Gasteiger partial charge in [-0.2, -0.15) is 0 Å². The van der Waals surface area contributed by atoms with Crippen LogP contribution < -0.4 is 19.8 Å². The Morgan fingerprint density at radius 1 is 1.07 bits per heavy atom. The van der Waals surface area contributed by atoms with Gasteiger partial charge >= 0.3 is 11.6 Å². The SMILES string of the molecule is COC(=O)CC(c1cc(OC)c(OC)c(OC)c1)c1c(O)cc(C)oc1=O. The molecule has 0 bridgehead atoms. The number of methoxy groups -OCH3 is 4. The summed E-state index contributed by atoms with van der Waals surface area (Å²) >= 11 is 0. The summed E-state index contributed by atoms with van der Waals surface area (Å²) in [7, 11) is 5.61. The molecule has 0 aliphatic heterocycles. The van der Waals surface area contributed by atoms with E-state index in [1.54, 1.807) is 19.1 Å². The van der Waals surface area contributed by atoms with Crippen molar-refractivity contribution in [2.75, 3.05) is 28.4 Å². The van der Waals surface area contributed by atoms with Crippen molar-refractivity contribution < 1.29 is 33.3 Å². The molecule has 1 aromatic heterocycles. The molecule has 0 saturated heterocycles. The van der Waals surface area contributed by atoms with Crippen LogP contribution in [0.15, 0.2) is 27.4 Å². The zero-order valence-electron chi connectivity index (χ0n) is 15.8. The average molecular weight is 378 g/mol. The van der Waals surface area contributed by atoms with Crippen LogP contribution >= 0.6 is 0 Å². The molecule has 0 aliphatic rings. The van der Waals surface area contributed by atoms with Crippen LogP contribution in [-0.4, -0.2) is 39.5 Å². The van der Waals surface area contributed by atoms with E-state index in [0.717, 1.165) is 0 Å². The molecule has 146 valence electrons. The summed E-state index contributed by atoms with van der Waals surface area (Å²) in [5.74, 6) is -0.373. The Labute approximate surface area is 156 Å². The molecule has 1 atom stereocenters. The average Bonchev–Trinajstić information content (AvgIpc) is 2.64. The van der Waals surface area contributed by atoms with E-state index < -0.39 is 17.5 Å². The zero-order chi connectivity index (χ0) is 20.1. The summed E-state index contributed by atoms with van der Waals surface area (Å²) in [6.07, 6.45) is -0.198. The number of aryl methyl sites for hydroxylation is 1. The first kappa shape index (κ1) is 20.2. The van der Waals surface area contributed by atoms with Gasteiger partial charge in [0.05, 0.1) is 40.4 Å². The van der Waals surface area contributed by atoms with Crippen LogP contribution in [0, 0.1) is 6.92 Å². The van der Waals surface area contributed by atoms with Gasteiger partial charge in [0.2, 0.25) is 5.75 Å². The minimum absolute atomic E-state index is 0.0553. The molecular formula is C19H22O8. The first-order valence-corrected chi connectivity index (χ1v) is 8.06. The van der Waals surface area contributed by atoms with Gasteiger partial charge in [0.15, 0.2) is 11.5 Å². The van der Waals surface area contributed by atoms with Crippen LogP contribution in [0.5, 0.6) is 23.0 Å². The lowest BCUT2D eigenvalue weighted by atomic mass is 9.88. The minimum Gasteiger partial charge on any atom is -0.507 e. The standard InChI is InChI=1S/C19H22O8/c1-10-6-13(20)17(19(22)27-10)12(9-16(21)25-4)11-7-14(23-2)18(26-5)15(8-11)24-3/h6-8,12,20H,9H2,1-5H3. The van der Waals surface area contributed by atoms with Crippen LogP contribution in [0.25, 0.3) is 0 Å². The highest BCUT2D eigenvalue weighted by atomic mass is 16.5. The molecule has 0 fully saturated rings. The van der Waals surface area contributed by atoms with Gasteiger partial charge in [-0.3, -0.25) is 4.79 Å². The molecule has 1 unspecified atom stereocenters. The number of rotatable bonds is 7. The Hall–Kier alpha value is -3.16. The monoisotopic (exact) mass is 378 g/mol. The molecule has 2 aromatic rings. The Morgan fingerprint density at radius 3 is 2.11 bits per heavy atom. The molecule has 0 aliphatic carbocycles. The van der Waals surface area contributed by atoms with Crippen LogP contribution in [0.1, 0.15) is 29.2 Å². The predicted molar refractivity (Wildman–Crippen MR) is 96.0 cm³/mol. The van der Waals surface area contributed by atoms with Gasteiger partial charge in [-0.15, -0.1) is 0 Å². The van der Waals surface area contributed by atoms with Gasteiger partial charge in [-0.25, -0.2) is 4.79 Å². The number of esters is 1. The van der Waals surface area contributed by atoms with Gasteiger partial charge < -0.3 is 28.5 Å². The summed E-state index contributed by atoms with van der Waals surface area (Å²) in [6, 6.07) is 4.53. The van der Waals surface area contributed by atoms with Gasteiger partial charge in [0.1, 0.15) is 11.5 Å². The third kappa shape index (κ3) is 4.16. The third-order valence-electron chi connectivity index (χ3n) is 4.13. The molecule has 0 radical (unpaired) electrons. The largest absolute Gasteiger partial charge is 0.507 e. The lowest BCUT2D eigenvalue weighted by Gasteiger charge is -2.20. The number of carbonyl (C=O) groups is 1. The van der Waals surface area contributed by atoms with Crippen molar-refractivity contribution in [2.45, 2.75) is 19.3 Å². The highest BCUT2D eigenvalue weighted by molar-refractivity contribution is 5.72. The molecule has 8 heteroatoms. The van der Waals surface area contributed by atoms with Crippen molar-refractivity contribution in [1.29, 1.82) is 0 Å². The number of aromatic hydroxyl groups is 1. The topological polar surface area (TPSA) is 104 Å². The Bertz CT molecular complexity index is 859. The summed E-state index contributed by atoms with van der Waals surface area (Å²) in [5, 5.41) is 10.3. The van der Waals surface area contributed by atoms with Crippen molar-refractivity contribution in [3.8, 4) is 23.0 Å². The summed E-state index contributed by atoms with van der Waals surface area (Å²) in [4.78, 5) is 24.4. The van der Waals surface area contributed by atoms with Crippen LogP contribution in [0.2, 0.25) is 0 Å². The van der Waals surface area contributed by atoms with Crippen LogP contribution in [0.3, 0.4) is 0 Å². The van der Waals surface area contributed by atoms with E-state index in [2.05, 4.69) is 0 Å². The van der Waals surface area contributed by atoms with Gasteiger partial charge in [0.25, 0.3) is 0 Å². The fourth-order valence-electron chi connectivity index (χ4n) is 2.87. The van der Waals surface area contributed by atoms with Crippen LogP contribution in [-0.2, 0) is 9.53 Å². The molecule has 27 heavy (non-hydrogen) atoms. The zero-order valence-corrected chi connectivity index (χ0v) is 15.8. The number of carbonyl (C=O) groups excluding carboxylic acids is 1. The first-order chi connectivity index (χ1) is 12.9. The molecule has 1 N–H and O–H groups in total. The van der Waals surface area contributed by atoms with E-state index in [1.807, 2.05) is 0 Å². The first-order valence-electron chi connectivity index (χ1n) is 8.06. The number of ether oxygens (including phenoxy) is 4. The van der Waals surface area contributed by atoms with E-state index in [9.17, 15) is 14.7 Å². The lowest BCUT2D eigenvalue weighted by molar-refractivity contribution is -0.140. The van der Waals surface area contributed by atoms with E-state index in [1.165, 1.54) is 34.5 Å². The van der Waals surface area contributed by atoms with Crippen molar-refractivity contribution >= 4 is 5.97 Å². The fraction of sp³-hybridized carbons (Fsp3) is 0.368. The van der Waals surface area contributed by atoms with Gasteiger partial charge in [0, 0.05) is 12.0 Å². The molecule has 0 spiro atoms. The summed E-state index contributed by atoms with van der Waals surface area (Å²) in [6.45, 7) is 1.54. The normalized spacial score (nSPS) is 11.6. The molecule has 2 rings (SSSR count). The van der Waals surface area contributed by atoms with E-state index in [-0.39, 0.29) is 23.5 Å². The summed E-state index contributed by atoms with van der Waals surface area (Å²) in [5.41, 5.74) is -0.309. The van der Waals surface area contributed by atoms with E-state index in [0.29, 0.717) is 22.8 Å². The molecule has 8 nitrogen and oxygen atoms in total. The second-order valence-corrected chi connectivity index (χ2v) is 5.73. The summed E-state index contributed by atoms with van der Waals surface area (Å²) < 4.78 is 25.8. The molecule has 0 saturated carbocycles. The fourth-order valence-corrected chi connectivity index (χ4v) is 2.87. The van der Waals surface area contributed by atoms with E-state index in [4.69, 9.17) is 23.4 Å². The van der Waals surface area contributed by atoms with Crippen molar-refractivity contribution in [2.24, 2.45) is 0 Å². The maximum atomic E-state index is 12.4. The molecule has 1 aromatic carbocycles. The van der Waals surface area contributed by atoms with Crippen molar-refractivity contribution in [3.63, 3.8) is 0 Å². The van der Waals surface area contributed by atoms with Gasteiger partial charge in [-0.05, 0) is 24.6 Å². The third-order valence-corrected chi connectivity index (χ3v) is 4.13. The lowest BCUT2D eigenvalue weighted by Crippen LogP contribution is -2.18. The number of hydrogen-bond donors (Lipinski definition) is 1. The van der Waals surface area contributed by atoms with Crippen LogP contribution in [0.4, 0.5) is 0 Å². The molecule has 0 amide bonds. The Balaban J connectivity index is 2.73. The highest BCUT2D eigenvalue weighted by Crippen LogP contribution is 2.42. The maximum absolute atomic E-state index is 12.4. The van der Waals surface area contributed by atoms with Gasteiger partial charge in [-0.1, -0.05) is 0 Å². The predicted octanol–water partition coefficient (Wildman–Crippen LogP) is 2.37. The smallest absolute Gasteiger partial charge is 0.343 e.